The van der Waals surface area contributed by atoms with Gasteiger partial charge in [-0.2, -0.15) is 0 Å². The third-order valence-electron chi connectivity index (χ3n) is 3.51. The first-order chi connectivity index (χ1) is 10.9. The minimum Gasteiger partial charge on any atom is -0.481 e. The molecule has 2 aromatic rings. The summed E-state index contributed by atoms with van der Waals surface area (Å²) in [5, 5.41) is 9.19. The number of rotatable bonds is 4. The predicted octanol–water partition coefficient (Wildman–Crippen LogP) is 3.59. The molecule has 3 rings (SSSR count). The van der Waals surface area contributed by atoms with Crippen molar-refractivity contribution >= 4 is 45.0 Å². The molecule has 2 heterocycles. The molecule has 8 heteroatoms. The van der Waals surface area contributed by atoms with Crippen molar-refractivity contribution in [1.29, 1.82) is 0 Å². The van der Waals surface area contributed by atoms with Gasteiger partial charge in [0.1, 0.15) is 4.21 Å². The smallest absolute Gasteiger partial charge is 0.305 e. The SMILES string of the molecule is O=C(O)CC1c2ccccc2C=CN1S(=O)(=O)c1ccc(Cl)s1. The summed E-state index contributed by atoms with van der Waals surface area (Å²) in [5.41, 5.74) is 1.48. The van der Waals surface area contributed by atoms with Crippen molar-refractivity contribution in [3.8, 4) is 0 Å². The van der Waals surface area contributed by atoms with Crippen molar-refractivity contribution < 1.29 is 18.3 Å². The van der Waals surface area contributed by atoms with Crippen molar-refractivity contribution in [3.05, 3.63) is 58.1 Å². The predicted molar refractivity (Wildman–Crippen MR) is 88.8 cm³/mol. The van der Waals surface area contributed by atoms with Gasteiger partial charge in [0.2, 0.25) is 0 Å². The van der Waals surface area contributed by atoms with Crippen LogP contribution < -0.4 is 0 Å². The molecule has 1 N–H and O–H groups in total. The van der Waals surface area contributed by atoms with E-state index in [0.29, 0.717) is 9.90 Å². The van der Waals surface area contributed by atoms with Crippen LogP contribution in [0.25, 0.3) is 6.08 Å². The van der Waals surface area contributed by atoms with Gasteiger partial charge in [-0.15, -0.1) is 11.3 Å². The lowest BCUT2D eigenvalue weighted by atomic mass is 9.96. The standard InChI is InChI=1S/C15H12ClNO4S2/c16-13-5-6-15(22-13)23(20,21)17-8-7-10-3-1-2-4-11(10)12(17)9-14(18)19/h1-8,12H,9H2,(H,18,19). The number of thiophene rings is 1. The highest BCUT2D eigenvalue weighted by Gasteiger charge is 2.35. The maximum absolute atomic E-state index is 12.8. The van der Waals surface area contributed by atoms with E-state index in [4.69, 9.17) is 11.6 Å². The Kier molecular flexibility index (Phi) is 4.18. The van der Waals surface area contributed by atoms with Gasteiger partial charge >= 0.3 is 5.97 Å². The second-order valence-corrected chi connectivity index (χ2v) is 8.74. The van der Waals surface area contributed by atoms with Crippen LogP contribution in [0.2, 0.25) is 4.34 Å². The Balaban J connectivity index is 2.09. The Hall–Kier alpha value is -1.83. The molecule has 0 saturated carbocycles. The first kappa shape index (κ1) is 16.0. The number of nitrogens with zero attached hydrogens (tertiary/aromatic N) is 1. The van der Waals surface area contributed by atoms with E-state index in [1.54, 1.807) is 18.2 Å². The Bertz CT molecular complexity index is 888. The molecular weight excluding hydrogens is 358 g/mol. The van der Waals surface area contributed by atoms with Crippen LogP contribution in [0, 0.1) is 0 Å². The van der Waals surface area contributed by atoms with Crippen LogP contribution in [0.3, 0.4) is 0 Å². The Labute approximate surface area is 142 Å². The number of halogens is 1. The van der Waals surface area contributed by atoms with Crippen LogP contribution in [-0.2, 0) is 14.8 Å². The van der Waals surface area contributed by atoms with E-state index in [1.807, 2.05) is 12.1 Å². The molecule has 0 spiro atoms. The first-order valence-electron chi connectivity index (χ1n) is 6.67. The zero-order chi connectivity index (χ0) is 16.6. The summed E-state index contributed by atoms with van der Waals surface area (Å²) in [7, 11) is -3.86. The number of aliphatic carboxylic acids is 1. The molecule has 5 nitrogen and oxygen atoms in total. The Morgan fingerprint density at radius 2 is 2.00 bits per heavy atom. The highest BCUT2D eigenvalue weighted by molar-refractivity contribution is 7.91. The van der Waals surface area contributed by atoms with Crippen molar-refractivity contribution in [3.63, 3.8) is 0 Å². The topological polar surface area (TPSA) is 74.7 Å². The van der Waals surface area contributed by atoms with Gasteiger partial charge in [0.25, 0.3) is 10.0 Å². The lowest BCUT2D eigenvalue weighted by Gasteiger charge is -2.32. The van der Waals surface area contributed by atoms with E-state index in [0.717, 1.165) is 21.2 Å². The molecule has 0 aliphatic carbocycles. The highest BCUT2D eigenvalue weighted by Crippen LogP contribution is 2.38. The fourth-order valence-electron chi connectivity index (χ4n) is 2.51. The molecule has 1 aromatic heterocycles. The molecule has 0 saturated heterocycles. The zero-order valence-electron chi connectivity index (χ0n) is 11.7. The number of carboxylic acids is 1. The monoisotopic (exact) mass is 369 g/mol. The van der Waals surface area contributed by atoms with Crippen LogP contribution in [0.1, 0.15) is 23.6 Å². The van der Waals surface area contributed by atoms with Crippen LogP contribution in [0.15, 0.2) is 46.8 Å². The number of fused-ring (bicyclic) bond motifs is 1. The fourth-order valence-corrected chi connectivity index (χ4v) is 5.57. The van der Waals surface area contributed by atoms with E-state index < -0.39 is 22.0 Å². The molecule has 1 aromatic carbocycles. The van der Waals surface area contributed by atoms with E-state index in [1.165, 1.54) is 18.3 Å². The van der Waals surface area contributed by atoms with Gasteiger partial charge in [0.05, 0.1) is 16.8 Å². The van der Waals surface area contributed by atoms with Crippen molar-refractivity contribution in [2.45, 2.75) is 16.7 Å². The molecule has 1 unspecified atom stereocenters. The van der Waals surface area contributed by atoms with Gasteiger partial charge < -0.3 is 5.11 Å². The molecule has 1 atom stereocenters. The summed E-state index contributed by atoms with van der Waals surface area (Å²) < 4.78 is 27.2. The van der Waals surface area contributed by atoms with Crippen LogP contribution in [0.4, 0.5) is 0 Å². The zero-order valence-corrected chi connectivity index (χ0v) is 14.1. The molecule has 0 radical (unpaired) electrons. The maximum Gasteiger partial charge on any atom is 0.305 e. The van der Waals surface area contributed by atoms with Crippen LogP contribution in [0.5, 0.6) is 0 Å². The number of hydrogen-bond acceptors (Lipinski definition) is 4. The van der Waals surface area contributed by atoms with Crippen molar-refractivity contribution in [2.75, 3.05) is 0 Å². The molecule has 0 bridgehead atoms. The summed E-state index contributed by atoms with van der Waals surface area (Å²) in [6, 6.07) is 9.30. The number of benzene rings is 1. The van der Waals surface area contributed by atoms with Gasteiger partial charge in [-0.1, -0.05) is 35.9 Å². The molecule has 120 valence electrons. The number of carboxylic acid groups (broad SMARTS) is 1. The van der Waals surface area contributed by atoms with Gasteiger partial charge in [0.15, 0.2) is 0 Å². The third kappa shape index (κ3) is 2.99. The third-order valence-corrected chi connectivity index (χ3v) is 7.00. The van der Waals surface area contributed by atoms with Crippen LogP contribution >= 0.6 is 22.9 Å². The average Bonchev–Trinajstić information content (AvgIpc) is 2.94. The Morgan fingerprint density at radius 1 is 1.26 bits per heavy atom. The quantitative estimate of drug-likeness (QED) is 0.893. The second-order valence-electron chi connectivity index (χ2n) is 4.95. The molecule has 0 fully saturated rings. The number of carbonyl (C=O) groups is 1. The average molecular weight is 370 g/mol. The first-order valence-corrected chi connectivity index (χ1v) is 9.31. The lowest BCUT2D eigenvalue weighted by molar-refractivity contribution is -0.137. The minimum absolute atomic E-state index is 0.0851. The van der Waals surface area contributed by atoms with Gasteiger partial charge in [0, 0.05) is 6.20 Å². The number of sulfonamides is 1. The maximum atomic E-state index is 12.8. The van der Waals surface area contributed by atoms with Gasteiger partial charge in [-0.05, 0) is 29.3 Å². The molecule has 1 aliphatic heterocycles. The molecule has 23 heavy (non-hydrogen) atoms. The van der Waals surface area contributed by atoms with Gasteiger partial charge in [-0.3, -0.25) is 9.10 Å². The largest absolute Gasteiger partial charge is 0.481 e. The molecule has 0 amide bonds. The molecular formula is C15H12ClNO4S2. The molecule has 1 aliphatic rings. The normalized spacial score (nSPS) is 17.1. The van der Waals surface area contributed by atoms with Crippen LogP contribution in [-0.4, -0.2) is 23.8 Å². The fraction of sp³-hybridized carbons (Fsp3) is 0.133. The lowest BCUT2D eigenvalue weighted by Crippen LogP contribution is -2.33. The van der Waals surface area contributed by atoms with Gasteiger partial charge in [-0.25, -0.2) is 8.42 Å². The summed E-state index contributed by atoms with van der Waals surface area (Å²) in [4.78, 5) is 11.2. The van der Waals surface area contributed by atoms with Crippen molar-refractivity contribution in [1.82, 2.24) is 4.31 Å². The summed E-state index contributed by atoms with van der Waals surface area (Å²) in [6.45, 7) is 0. The number of hydrogen-bond donors (Lipinski definition) is 1. The van der Waals surface area contributed by atoms with E-state index in [-0.39, 0.29) is 10.6 Å². The Morgan fingerprint density at radius 3 is 2.65 bits per heavy atom. The second kappa shape index (κ2) is 5.99. The summed E-state index contributed by atoms with van der Waals surface area (Å²) in [6.07, 6.45) is 2.76. The van der Waals surface area contributed by atoms with E-state index in [9.17, 15) is 18.3 Å². The minimum atomic E-state index is -3.86. The summed E-state index contributed by atoms with van der Waals surface area (Å²) in [5.74, 6) is -1.07. The van der Waals surface area contributed by atoms with E-state index in [2.05, 4.69) is 0 Å². The van der Waals surface area contributed by atoms with E-state index >= 15 is 0 Å². The van der Waals surface area contributed by atoms with Crippen molar-refractivity contribution in [2.24, 2.45) is 0 Å². The highest BCUT2D eigenvalue weighted by atomic mass is 35.5. The summed E-state index contributed by atoms with van der Waals surface area (Å²) >= 11 is 6.78.